The first-order valence-corrected chi connectivity index (χ1v) is 7.54. The van der Waals surface area contributed by atoms with Crippen LogP contribution in [0.3, 0.4) is 0 Å². The summed E-state index contributed by atoms with van der Waals surface area (Å²) >= 11 is 1.36. The van der Waals surface area contributed by atoms with Crippen LogP contribution >= 0.6 is 11.3 Å². The standard InChI is InChI=1S/C16H11N3O3S/c20-15-4-2-1-3-12(15)9-17-16-18-14(10-23-16)11-5-7-13(8-6-11)19(21)22/h1-10,20H/b17-9+. The van der Waals surface area contributed by atoms with Gasteiger partial charge in [-0.05, 0) is 24.3 Å². The number of phenols is 1. The third-order valence-corrected chi connectivity index (χ3v) is 3.87. The van der Waals surface area contributed by atoms with Crippen molar-refractivity contribution in [3.8, 4) is 17.0 Å². The molecule has 1 N–H and O–H groups in total. The molecule has 0 atom stereocenters. The number of nitro benzene ring substituents is 1. The van der Waals surface area contributed by atoms with Gasteiger partial charge in [0.25, 0.3) is 5.69 Å². The molecule has 0 saturated carbocycles. The van der Waals surface area contributed by atoms with Gasteiger partial charge in [0.2, 0.25) is 5.13 Å². The number of hydrogen-bond acceptors (Lipinski definition) is 6. The van der Waals surface area contributed by atoms with E-state index >= 15 is 0 Å². The molecule has 0 aliphatic heterocycles. The van der Waals surface area contributed by atoms with Crippen molar-refractivity contribution in [2.45, 2.75) is 0 Å². The second-order valence-corrected chi connectivity index (χ2v) is 5.47. The molecule has 0 fully saturated rings. The lowest BCUT2D eigenvalue weighted by atomic mass is 10.1. The summed E-state index contributed by atoms with van der Waals surface area (Å²) in [5.41, 5.74) is 2.14. The van der Waals surface area contributed by atoms with Crippen molar-refractivity contribution >= 4 is 28.4 Å². The Bertz CT molecular complexity index is 872. The molecule has 0 spiro atoms. The van der Waals surface area contributed by atoms with Gasteiger partial charge in [-0.1, -0.05) is 12.1 Å². The average molecular weight is 325 g/mol. The number of nitro groups is 1. The number of non-ortho nitro benzene ring substituents is 1. The molecular weight excluding hydrogens is 314 g/mol. The summed E-state index contributed by atoms with van der Waals surface area (Å²) in [5, 5.41) is 22.7. The van der Waals surface area contributed by atoms with Gasteiger partial charge in [0.05, 0.1) is 10.6 Å². The minimum Gasteiger partial charge on any atom is -0.507 e. The molecule has 3 aromatic rings. The third kappa shape index (κ3) is 3.41. The Morgan fingerprint density at radius 2 is 1.91 bits per heavy atom. The molecule has 1 aromatic heterocycles. The van der Waals surface area contributed by atoms with Crippen molar-refractivity contribution in [2.24, 2.45) is 4.99 Å². The normalized spacial score (nSPS) is 11.0. The fourth-order valence-electron chi connectivity index (χ4n) is 1.93. The molecule has 1 heterocycles. The van der Waals surface area contributed by atoms with Crippen molar-refractivity contribution < 1.29 is 10.0 Å². The van der Waals surface area contributed by atoms with Crippen LogP contribution in [0.25, 0.3) is 11.3 Å². The zero-order valence-electron chi connectivity index (χ0n) is 11.8. The fourth-order valence-corrected chi connectivity index (χ4v) is 2.60. The van der Waals surface area contributed by atoms with Gasteiger partial charge in [-0.25, -0.2) is 9.98 Å². The quantitative estimate of drug-likeness (QED) is 0.443. The zero-order valence-corrected chi connectivity index (χ0v) is 12.6. The average Bonchev–Trinajstić information content (AvgIpc) is 3.03. The number of thiazole rings is 1. The minimum absolute atomic E-state index is 0.0433. The van der Waals surface area contributed by atoms with Gasteiger partial charge in [0.1, 0.15) is 5.75 Å². The maximum Gasteiger partial charge on any atom is 0.269 e. The molecule has 2 aromatic carbocycles. The molecule has 0 bridgehead atoms. The predicted molar refractivity (Wildman–Crippen MR) is 89.6 cm³/mol. The van der Waals surface area contributed by atoms with Crippen LogP contribution in [0.1, 0.15) is 5.56 Å². The molecule has 0 amide bonds. The van der Waals surface area contributed by atoms with Crippen LogP contribution < -0.4 is 0 Å². The molecule has 0 unspecified atom stereocenters. The summed E-state index contributed by atoms with van der Waals surface area (Å²) in [4.78, 5) is 18.8. The Morgan fingerprint density at radius 1 is 1.17 bits per heavy atom. The first-order chi connectivity index (χ1) is 11.1. The van der Waals surface area contributed by atoms with E-state index in [0.717, 1.165) is 5.56 Å². The molecule has 0 radical (unpaired) electrons. The van der Waals surface area contributed by atoms with Gasteiger partial charge in [-0.15, -0.1) is 11.3 Å². The number of nitrogens with zero attached hydrogens (tertiary/aromatic N) is 3. The largest absolute Gasteiger partial charge is 0.507 e. The number of aromatic nitrogens is 1. The summed E-state index contributed by atoms with van der Waals surface area (Å²) < 4.78 is 0. The molecular formula is C16H11N3O3S. The summed E-state index contributed by atoms with van der Waals surface area (Å²) in [5.74, 6) is 0.156. The Hall–Kier alpha value is -3.06. The van der Waals surface area contributed by atoms with Crippen LogP contribution in [0, 0.1) is 10.1 Å². The Morgan fingerprint density at radius 3 is 2.61 bits per heavy atom. The fraction of sp³-hybridized carbons (Fsp3) is 0. The number of para-hydroxylation sites is 1. The highest BCUT2D eigenvalue weighted by Crippen LogP contribution is 2.28. The van der Waals surface area contributed by atoms with Gasteiger partial charge in [0.15, 0.2) is 0 Å². The van der Waals surface area contributed by atoms with Crippen molar-refractivity contribution in [3.63, 3.8) is 0 Å². The monoisotopic (exact) mass is 325 g/mol. The minimum atomic E-state index is -0.438. The van der Waals surface area contributed by atoms with Crippen molar-refractivity contribution in [3.05, 3.63) is 69.6 Å². The lowest BCUT2D eigenvalue weighted by molar-refractivity contribution is -0.384. The lowest BCUT2D eigenvalue weighted by Gasteiger charge is -1.96. The van der Waals surface area contributed by atoms with Gasteiger partial charge < -0.3 is 5.11 Å². The number of benzene rings is 2. The molecule has 23 heavy (non-hydrogen) atoms. The highest BCUT2D eigenvalue weighted by Gasteiger charge is 2.08. The molecule has 0 aliphatic rings. The Labute approximate surface area is 135 Å². The van der Waals surface area contributed by atoms with Gasteiger partial charge in [-0.2, -0.15) is 0 Å². The van der Waals surface area contributed by atoms with E-state index in [2.05, 4.69) is 9.98 Å². The molecule has 3 rings (SSSR count). The van der Waals surface area contributed by atoms with Crippen molar-refractivity contribution in [1.82, 2.24) is 4.98 Å². The van der Waals surface area contributed by atoms with E-state index in [1.54, 1.807) is 36.5 Å². The van der Waals surface area contributed by atoms with E-state index in [0.29, 0.717) is 16.4 Å². The number of phenolic OH excluding ortho intramolecular Hbond substituents is 1. The van der Waals surface area contributed by atoms with E-state index in [1.807, 2.05) is 11.4 Å². The Kier molecular flexibility index (Phi) is 4.11. The highest BCUT2D eigenvalue weighted by atomic mass is 32.1. The van der Waals surface area contributed by atoms with Crippen LogP contribution in [0.5, 0.6) is 5.75 Å². The highest BCUT2D eigenvalue weighted by molar-refractivity contribution is 7.13. The number of hydrogen-bond donors (Lipinski definition) is 1. The van der Waals surface area contributed by atoms with Crippen LogP contribution in [-0.2, 0) is 0 Å². The summed E-state index contributed by atoms with van der Waals surface area (Å²) in [6.45, 7) is 0. The van der Waals surface area contributed by atoms with E-state index in [9.17, 15) is 15.2 Å². The molecule has 0 aliphatic carbocycles. The maximum absolute atomic E-state index is 10.7. The van der Waals surface area contributed by atoms with E-state index in [4.69, 9.17) is 0 Å². The van der Waals surface area contributed by atoms with Crippen LogP contribution in [0.15, 0.2) is 58.9 Å². The second-order valence-electron chi connectivity index (χ2n) is 4.64. The van der Waals surface area contributed by atoms with E-state index in [1.165, 1.54) is 23.5 Å². The van der Waals surface area contributed by atoms with E-state index < -0.39 is 4.92 Å². The zero-order chi connectivity index (χ0) is 16.2. The molecule has 6 nitrogen and oxygen atoms in total. The van der Waals surface area contributed by atoms with Gasteiger partial charge >= 0.3 is 0 Å². The Balaban J connectivity index is 1.80. The third-order valence-electron chi connectivity index (χ3n) is 3.12. The number of aromatic hydroxyl groups is 1. The summed E-state index contributed by atoms with van der Waals surface area (Å²) in [6, 6.07) is 13.1. The number of rotatable bonds is 4. The molecule has 0 saturated heterocycles. The van der Waals surface area contributed by atoms with E-state index in [-0.39, 0.29) is 11.4 Å². The first-order valence-electron chi connectivity index (χ1n) is 6.66. The van der Waals surface area contributed by atoms with Crippen LogP contribution in [-0.4, -0.2) is 21.2 Å². The second kappa shape index (κ2) is 6.37. The SMILES string of the molecule is O=[N+]([O-])c1ccc(-c2csc(/N=C/c3ccccc3O)n2)cc1. The van der Waals surface area contributed by atoms with Crippen LogP contribution in [0.4, 0.5) is 10.8 Å². The number of aliphatic imine (C=N–C) groups is 1. The smallest absolute Gasteiger partial charge is 0.269 e. The molecule has 114 valence electrons. The van der Waals surface area contributed by atoms with Gasteiger partial charge in [0, 0.05) is 34.9 Å². The summed E-state index contributed by atoms with van der Waals surface area (Å²) in [7, 11) is 0. The summed E-state index contributed by atoms with van der Waals surface area (Å²) in [6.07, 6.45) is 1.55. The lowest BCUT2D eigenvalue weighted by Crippen LogP contribution is -1.87. The van der Waals surface area contributed by atoms with Crippen LogP contribution in [0.2, 0.25) is 0 Å². The maximum atomic E-state index is 10.7. The van der Waals surface area contributed by atoms with Gasteiger partial charge in [-0.3, -0.25) is 10.1 Å². The first kappa shape index (κ1) is 14.9. The topological polar surface area (TPSA) is 88.6 Å². The van der Waals surface area contributed by atoms with Crippen molar-refractivity contribution in [1.29, 1.82) is 0 Å². The van der Waals surface area contributed by atoms with Crippen molar-refractivity contribution in [2.75, 3.05) is 0 Å². The predicted octanol–water partition coefficient (Wildman–Crippen LogP) is 4.17. The molecule has 7 heteroatoms.